The highest BCUT2D eigenvalue weighted by atomic mass is 32.2. The van der Waals surface area contributed by atoms with Crippen LogP contribution < -0.4 is 4.72 Å². The summed E-state index contributed by atoms with van der Waals surface area (Å²) in [5.41, 5.74) is -1.57. The van der Waals surface area contributed by atoms with Crippen molar-refractivity contribution in [3.8, 4) is 0 Å². The molecule has 3 atom stereocenters. The maximum atomic E-state index is 12.4. The lowest BCUT2D eigenvalue weighted by molar-refractivity contribution is -0.144. The van der Waals surface area contributed by atoms with Crippen LogP contribution in [0.15, 0.2) is 0 Å². The van der Waals surface area contributed by atoms with Crippen LogP contribution in [0.5, 0.6) is 0 Å². The Kier molecular flexibility index (Phi) is 4.35. The first-order valence-electron chi connectivity index (χ1n) is 6.51. The zero-order valence-corrected chi connectivity index (χ0v) is 12.4. The lowest BCUT2D eigenvalue weighted by atomic mass is 10.0. The lowest BCUT2D eigenvalue weighted by Gasteiger charge is -2.36. The SMILES string of the molecule is CC1CN(S(=O)(=O)NC2(C(=O)O)CCOC2)CC(C)O1. The number of nitrogens with one attached hydrogen (secondary N) is 1. The van der Waals surface area contributed by atoms with Gasteiger partial charge in [-0.2, -0.15) is 17.4 Å². The molecule has 2 aliphatic rings. The predicted octanol–water partition coefficient (Wildman–Crippen LogP) is -0.826. The first-order valence-corrected chi connectivity index (χ1v) is 7.95. The maximum Gasteiger partial charge on any atom is 0.327 e. The van der Waals surface area contributed by atoms with E-state index in [0.29, 0.717) is 0 Å². The van der Waals surface area contributed by atoms with Crippen LogP contribution in [-0.4, -0.2) is 67.8 Å². The summed E-state index contributed by atoms with van der Waals surface area (Å²) in [5.74, 6) is -1.21. The molecule has 2 N–H and O–H groups in total. The molecule has 0 aromatic heterocycles. The zero-order valence-electron chi connectivity index (χ0n) is 11.5. The van der Waals surface area contributed by atoms with E-state index in [0.717, 1.165) is 0 Å². The Morgan fingerprint density at radius 1 is 1.35 bits per heavy atom. The van der Waals surface area contributed by atoms with E-state index in [1.54, 1.807) is 13.8 Å². The second kappa shape index (κ2) is 5.57. The van der Waals surface area contributed by atoms with Gasteiger partial charge in [0.25, 0.3) is 10.2 Å². The summed E-state index contributed by atoms with van der Waals surface area (Å²) in [6, 6.07) is 0. The van der Waals surface area contributed by atoms with Gasteiger partial charge in [-0.1, -0.05) is 0 Å². The van der Waals surface area contributed by atoms with Crippen molar-refractivity contribution in [2.45, 2.75) is 38.0 Å². The summed E-state index contributed by atoms with van der Waals surface area (Å²) in [7, 11) is -3.89. The fourth-order valence-corrected chi connectivity index (χ4v) is 4.18. The molecule has 0 aromatic rings. The second-order valence-corrected chi connectivity index (χ2v) is 7.04. The molecule has 116 valence electrons. The van der Waals surface area contributed by atoms with E-state index in [1.807, 2.05) is 0 Å². The molecule has 0 bridgehead atoms. The first kappa shape index (κ1) is 15.6. The summed E-state index contributed by atoms with van der Waals surface area (Å²) in [6.07, 6.45) is -0.330. The summed E-state index contributed by atoms with van der Waals surface area (Å²) in [4.78, 5) is 11.4. The topological polar surface area (TPSA) is 105 Å². The van der Waals surface area contributed by atoms with Crippen molar-refractivity contribution >= 4 is 16.2 Å². The van der Waals surface area contributed by atoms with Crippen molar-refractivity contribution in [3.63, 3.8) is 0 Å². The van der Waals surface area contributed by atoms with Crippen LogP contribution in [-0.2, 0) is 24.5 Å². The molecule has 0 spiro atoms. The van der Waals surface area contributed by atoms with E-state index in [1.165, 1.54) is 4.31 Å². The van der Waals surface area contributed by atoms with E-state index in [9.17, 15) is 18.3 Å². The molecule has 3 unspecified atom stereocenters. The highest BCUT2D eigenvalue weighted by molar-refractivity contribution is 7.87. The first-order chi connectivity index (χ1) is 9.25. The van der Waals surface area contributed by atoms with E-state index in [-0.39, 0.29) is 44.9 Å². The molecule has 9 heteroatoms. The molecule has 20 heavy (non-hydrogen) atoms. The van der Waals surface area contributed by atoms with E-state index in [4.69, 9.17) is 9.47 Å². The minimum atomic E-state index is -3.89. The van der Waals surface area contributed by atoms with Crippen LogP contribution in [0.2, 0.25) is 0 Å². The van der Waals surface area contributed by atoms with Crippen molar-refractivity contribution < 1.29 is 27.8 Å². The number of ether oxygens (including phenoxy) is 2. The van der Waals surface area contributed by atoms with Crippen LogP contribution in [0.3, 0.4) is 0 Å². The van der Waals surface area contributed by atoms with Crippen LogP contribution in [0.25, 0.3) is 0 Å². The number of carboxylic acids is 1. The number of aliphatic carboxylic acids is 1. The molecule has 0 radical (unpaired) electrons. The van der Waals surface area contributed by atoms with Crippen molar-refractivity contribution in [3.05, 3.63) is 0 Å². The van der Waals surface area contributed by atoms with Gasteiger partial charge < -0.3 is 14.6 Å². The van der Waals surface area contributed by atoms with E-state index < -0.39 is 21.7 Å². The van der Waals surface area contributed by atoms with Gasteiger partial charge in [0.1, 0.15) is 0 Å². The standard InChI is InChI=1S/C11H20N2O6S/c1-8-5-13(6-9(2)19-8)20(16,17)12-11(10(14)15)3-4-18-7-11/h8-9,12H,3-7H2,1-2H3,(H,14,15). The van der Waals surface area contributed by atoms with Gasteiger partial charge >= 0.3 is 5.97 Å². The Morgan fingerprint density at radius 2 is 1.95 bits per heavy atom. The average Bonchev–Trinajstić information content (AvgIpc) is 2.76. The largest absolute Gasteiger partial charge is 0.480 e. The van der Waals surface area contributed by atoms with Gasteiger partial charge in [-0.25, -0.2) is 0 Å². The third-order valence-corrected chi connectivity index (χ3v) is 5.11. The number of carbonyl (C=O) groups is 1. The predicted molar refractivity (Wildman–Crippen MR) is 69.4 cm³/mol. The highest BCUT2D eigenvalue weighted by Gasteiger charge is 2.47. The molecule has 8 nitrogen and oxygen atoms in total. The number of carboxylic acid groups (broad SMARTS) is 1. The molecular weight excluding hydrogens is 288 g/mol. The Bertz CT molecular complexity index is 463. The maximum absolute atomic E-state index is 12.4. The molecule has 2 rings (SSSR count). The van der Waals surface area contributed by atoms with Gasteiger partial charge in [-0.05, 0) is 13.8 Å². The quantitative estimate of drug-likeness (QED) is 0.702. The van der Waals surface area contributed by atoms with Crippen molar-refractivity contribution in [2.24, 2.45) is 0 Å². The fourth-order valence-electron chi connectivity index (χ4n) is 2.50. The van der Waals surface area contributed by atoms with Crippen molar-refractivity contribution in [1.29, 1.82) is 0 Å². The van der Waals surface area contributed by atoms with Gasteiger partial charge in [-0.3, -0.25) is 4.79 Å². The molecule has 0 aromatic carbocycles. The third kappa shape index (κ3) is 3.12. The molecule has 2 aliphatic heterocycles. The summed E-state index contributed by atoms with van der Waals surface area (Å²) in [5, 5.41) is 9.28. The summed E-state index contributed by atoms with van der Waals surface area (Å²) in [6.45, 7) is 4.04. The number of rotatable bonds is 4. The Labute approximate surface area is 118 Å². The van der Waals surface area contributed by atoms with Crippen molar-refractivity contribution in [2.75, 3.05) is 26.3 Å². The molecule has 2 fully saturated rings. The minimum absolute atomic E-state index is 0.122. The number of hydrogen-bond donors (Lipinski definition) is 2. The zero-order chi connectivity index (χ0) is 15.0. The Morgan fingerprint density at radius 3 is 2.40 bits per heavy atom. The van der Waals surface area contributed by atoms with Crippen molar-refractivity contribution in [1.82, 2.24) is 9.03 Å². The molecular formula is C11H20N2O6S. The molecule has 0 amide bonds. The van der Waals surface area contributed by atoms with Gasteiger partial charge in [-0.15, -0.1) is 0 Å². The lowest BCUT2D eigenvalue weighted by Crippen LogP contribution is -2.61. The summed E-state index contributed by atoms with van der Waals surface area (Å²) < 4.78 is 38.8. The molecule has 0 aliphatic carbocycles. The molecule has 2 saturated heterocycles. The van der Waals surface area contributed by atoms with Gasteiger partial charge in [0, 0.05) is 26.1 Å². The monoisotopic (exact) mass is 308 g/mol. The van der Waals surface area contributed by atoms with Crippen LogP contribution in [0.1, 0.15) is 20.3 Å². The van der Waals surface area contributed by atoms with Gasteiger partial charge in [0.2, 0.25) is 0 Å². The second-order valence-electron chi connectivity index (χ2n) is 5.37. The number of nitrogens with zero attached hydrogens (tertiary/aromatic N) is 1. The Balaban J connectivity index is 2.16. The Hall–Kier alpha value is -0.740. The fraction of sp³-hybridized carbons (Fsp3) is 0.909. The van der Waals surface area contributed by atoms with Crippen LogP contribution in [0, 0.1) is 0 Å². The third-order valence-electron chi connectivity index (χ3n) is 3.48. The van der Waals surface area contributed by atoms with E-state index in [2.05, 4.69) is 4.72 Å². The summed E-state index contributed by atoms with van der Waals surface area (Å²) >= 11 is 0. The van der Waals surface area contributed by atoms with Gasteiger partial charge in [0.15, 0.2) is 5.54 Å². The number of morpholine rings is 1. The molecule has 2 heterocycles. The minimum Gasteiger partial charge on any atom is -0.480 e. The van der Waals surface area contributed by atoms with Crippen LogP contribution in [0.4, 0.5) is 0 Å². The van der Waals surface area contributed by atoms with Gasteiger partial charge in [0.05, 0.1) is 18.8 Å². The smallest absolute Gasteiger partial charge is 0.327 e. The molecule has 0 saturated carbocycles. The number of hydrogen-bond acceptors (Lipinski definition) is 5. The normalized spacial score (nSPS) is 36.1. The van der Waals surface area contributed by atoms with E-state index >= 15 is 0 Å². The highest BCUT2D eigenvalue weighted by Crippen LogP contribution is 2.22. The van der Waals surface area contributed by atoms with Crippen LogP contribution >= 0.6 is 0 Å². The average molecular weight is 308 g/mol.